The fourth-order valence-corrected chi connectivity index (χ4v) is 3.57. The zero-order chi connectivity index (χ0) is 16.2. The molecule has 1 amide bonds. The van der Waals surface area contributed by atoms with Crippen molar-refractivity contribution in [1.82, 2.24) is 19.7 Å². The minimum Gasteiger partial charge on any atom is -0.342 e. The van der Waals surface area contributed by atoms with Gasteiger partial charge >= 0.3 is 0 Å². The van der Waals surface area contributed by atoms with E-state index in [0.717, 1.165) is 48.4 Å². The van der Waals surface area contributed by atoms with E-state index >= 15 is 0 Å². The number of thioether (sulfide) groups is 1. The highest BCUT2D eigenvalue weighted by Gasteiger charge is 2.21. The molecule has 0 aliphatic carbocycles. The highest BCUT2D eigenvalue weighted by molar-refractivity contribution is 7.99. The summed E-state index contributed by atoms with van der Waals surface area (Å²) in [5.74, 6) is 2.19. The van der Waals surface area contributed by atoms with E-state index in [2.05, 4.69) is 17.1 Å². The average molecular weight is 330 g/mol. The van der Waals surface area contributed by atoms with Gasteiger partial charge < -0.3 is 9.47 Å². The van der Waals surface area contributed by atoms with E-state index in [-0.39, 0.29) is 5.91 Å². The van der Waals surface area contributed by atoms with Gasteiger partial charge in [-0.05, 0) is 18.8 Å². The van der Waals surface area contributed by atoms with Crippen molar-refractivity contribution in [2.24, 2.45) is 13.0 Å². The van der Waals surface area contributed by atoms with E-state index in [1.807, 2.05) is 46.8 Å². The van der Waals surface area contributed by atoms with E-state index in [1.54, 1.807) is 0 Å². The smallest absolute Gasteiger partial charge is 0.233 e. The maximum atomic E-state index is 12.3. The Labute approximate surface area is 141 Å². The first-order valence-corrected chi connectivity index (χ1v) is 8.99. The van der Waals surface area contributed by atoms with Crippen molar-refractivity contribution in [2.75, 3.05) is 18.8 Å². The molecule has 3 rings (SSSR count). The van der Waals surface area contributed by atoms with Gasteiger partial charge in [0, 0.05) is 25.7 Å². The number of nitrogens with zero attached hydrogens (tertiary/aromatic N) is 4. The Kier molecular flexibility index (Phi) is 5.00. The van der Waals surface area contributed by atoms with Crippen LogP contribution in [0.1, 0.15) is 19.8 Å². The first-order chi connectivity index (χ1) is 11.1. The second kappa shape index (κ2) is 7.17. The van der Waals surface area contributed by atoms with Gasteiger partial charge in [-0.3, -0.25) is 4.79 Å². The summed E-state index contributed by atoms with van der Waals surface area (Å²) in [7, 11) is 1.94. The van der Waals surface area contributed by atoms with Gasteiger partial charge in [-0.15, -0.1) is 10.2 Å². The topological polar surface area (TPSA) is 51.0 Å². The molecule has 1 aromatic carbocycles. The van der Waals surface area contributed by atoms with Crippen LogP contribution >= 0.6 is 11.8 Å². The number of piperidine rings is 1. The molecule has 5 nitrogen and oxygen atoms in total. The second-order valence-corrected chi connectivity index (χ2v) is 7.03. The van der Waals surface area contributed by atoms with E-state index in [4.69, 9.17) is 0 Å². The van der Waals surface area contributed by atoms with Gasteiger partial charge in [-0.1, -0.05) is 49.0 Å². The van der Waals surface area contributed by atoms with Gasteiger partial charge in [0.2, 0.25) is 5.91 Å². The maximum absolute atomic E-state index is 12.3. The zero-order valence-electron chi connectivity index (χ0n) is 13.6. The summed E-state index contributed by atoms with van der Waals surface area (Å²) in [4.78, 5) is 14.3. The summed E-state index contributed by atoms with van der Waals surface area (Å²) >= 11 is 1.46. The number of carbonyl (C=O) groups is 1. The predicted molar refractivity (Wildman–Crippen MR) is 92.1 cm³/mol. The minimum absolute atomic E-state index is 0.200. The molecule has 0 unspecified atom stereocenters. The molecule has 2 aromatic rings. The molecule has 2 heterocycles. The van der Waals surface area contributed by atoms with Crippen molar-refractivity contribution >= 4 is 17.7 Å². The van der Waals surface area contributed by atoms with Crippen LogP contribution in [-0.2, 0) is 11.8 Å². The Morgan fingerprint density at radius 3 is 2.61 bits per heavy atom. The molecule has 0 radical (unpaired) electrons. The third kappa shape index (κ3) is 3.75. The Hall–Kier alpha value is -1.82. The number of rotatable bonds is 4. The van der Waals surface area contributed by atoms with Crippen LogP contribution in [0.2, 0.25) is 0 Å². The van der Waals surface area contributed by atoms with Crippen molar-refractivity contribution in [3.63, 3.8) is 0 Å². The van der Waals surface area contributed by atoms with Gasteiger partial charge in [0.25, 0.3) is 0 Å². The monoisotopic (exact) mass is 330 g/mol. The van der Waals surface area contributed by atoms with Crippen LogP contribution in [0.5, 0.6) is 0 Å². The molecule has 122 valence electrons. The zero-order valence-corrected chi connectivity index (χ0v) is 14.4. The van der Waals surface area contributed by atoms with Crippen LogP contribution in [0.15, 0.2) is 35.5 Å². The first-order valence-electron chi connectivity index (χ1n) is 8.00. The number of hydrogen-bond donors (Lipinski definition) is 0. The lowest BCUT2D eigenvalue weighted by atomic mass is 9.99. The number of benzene rings is 1. The molecular weight excluding hydrogens is 308 g/mol. The highest BCUT2D eigenvalue weighted by atomic mass is 32.2. The average Bonchev–Trinajstić information content (AvgIpc) is 2.95. The lowest BCUT2D eigenvalue weighted by Crippen LogP contribution is -2.38. The number of likely N-dealkylation sites (tertiary alicyclic amines) is 1. The van der Waals surface area contributed by atoms with Gasteiger partial charge in [-0.2, -0.15) is 0 Å². The minimum atomic E-state index is 0.200. The Morgan fingerprint density at radius 2 is 1.91 bits per heavy atom. The SMILES string of the molecule is CC1CCN(C(=O)CSc2nnc(-c3ccccc3)n2C)CC1. The molecule has 1 aliphatic rings. The fourth-order valence-electron chi connectivity index (χ4n) is 2.75. The maximum Gasteiger partial charge on any atom is 0.233 e. The molecule has 23 heavy (non-hydrogen) atoms. The molecule has 6 heteroatoms. The number of amides is 1. The Morgan fingerprint density at radius 1 is 1.22 bits per heavy atom. The molecule has 1 saturated heterocycles. The van der Waals surface area contributed by atoms with Crippen LogP contribution in [-0.4, -0.2) is 44.4 Å². The van der Waals surface area contributed by atoms with E-state index in [1.165, 1.54) is 11.8 Å². The summed E-state index contributed by atoms with van der Waals surface area (Å²) in [5.41, 5.74) is 1.03. The highest BCUT2D eigenvalue weighted by Crippen LogP contribution is 2.23. The predicted octanol–water partition coefficient (Wildman–Crippen LogP) is 2.83. The molecule has 0 N–H and O–H groups in total. The van der Waals surface area contributed by atoms with Crippen molar-refractivity contribution in [1.29, 1.82) is 0 Å². The van der Waals surface area contributed by atoms with Crippen LogP contribution in [0.25, 0.3) is 11.4 Å². The lowest BCUT2D eigenvalue weighted by Gasteiger charge is -2.30. The molecule has 0 bridgehead atoms. The first kappa shape index (κ1) is 16.1. The Bertz CT molecular complexity index is 662. The van der Waals surface area contributed by atoms with Gasteiger partial charge in [0.05, 0.1) is 5.75 Å². The number of hydrogen-bond acceptors (Lipinski definition) is 4. The normalized spacial score (nSPS) is 15.8. The van der Waals surface area contributed by atoms with Gasteiger partial charge in [-0.25, -0.2) is 0 Å². The van der Waals surface area contributed by atoms with Crippen molar-refractivity contribution in [2.45, 2.75) is 24.9 Å². The third-order valence-corrected chi connectivity index (χ3v) is 5.33. The summed E-state index contributed by atoms with van der Waals surface area (Å²) < 4.78 is 1.95. The fraction of sp³-hybridized carbons (Fsp3) is 0.471. The largest absolute Gasteiger partial charge is 0.342 e. The summed E-state index contributed by atoms with van der Waals surface area (Å²) in [5, 5.41) is 9.26. The molecular formula is C17H22N4OS. The number of aromatic nitrogens is 3. The number of carbonyl (C=O) groups excluding carboxylic acids is 1. The van der Waals surface area contributed by atoms with Crippen molar-refractivity contribution in [3.8, 4) is 11.4 Å². The molecule has 0 saturated carbocycles. The van der Waals surface area contributed by atoms with Gasteiger partial charge in [0.15, 0.2) is 11.0 Å². The summed E-state index contributed by atoms with van der Waals surface area (Å²) in [6, 6.07) is 9.97. The van der Waals surface area contributed by atoms with E-state index in [9.17, 15) is 4.79 Å². The summed E-state index contributed by atoms with van der Waals surface area (Å²) in [6.45, 7) is 4.02. The third-order valence-electron chi connectivity index (χ3n) is 4.33. The quantitative estimate of drug-likeness (QED) is 0.809. The van der Waals surface area contributed by atoms with Crippen molar-refractivity contribution in [3.05, 3.63) is 30.3 Å². The summed E-state index contributed by atoms with van der Waals surface area (Å²) in [6.07, 6.45) is 2.22. The van der Waals surface area contributed by atoms with E-state index in [0.29, 0.717) is 5.75 Å². The molecule has 0 atom stereocenters. The van der Waals surface area contributed by atoms with Gasteiger partial charge in [0.1, 0.15) is 0 Å². The van der Waals surface area contributed by atoms with E-state index < -0.39 is 0 Å². The van der Waals surface area contributed by atoms with Crippen LogP contribution in [0, 0.1) is 5.92 Å². The molecule has 1 aliphatic heterocycles. The molecule has 1 aromatic heterocycles. The van der Waals surface area contributed by atoms with Crippen LogP contribution in [0.4, 0.5) is 0 Å². The molecule has 1 fully saturated rings. The van der Waals surface area contributed by atoms with Crippen LogP contribution in [0.3, 0.4) is 0 Å². The van der Waals surface area contributed by atoms with Crippen molar-refractivity contribution < 1.29 is 4.79 Å². The second-order valence-electron chi connectivity index (χ2n) is 6.08. The molecule has 0 spiro atoms. The lowest BCUT2D eigenvalue weighted by molar-refractivity contribution is -0.129. The van der Waals surface area contributed by atoms with Crippen LogP contribution < -0.4 is 0 Å². The standard InChI is InChI=1S/C17H22N4OS/c1-13-8-10-21(11-9-13)15(22)12-23-17-19-18-16(20(17)2)14-6-4-3-5-7-14/h3-7,13H,8-12H2,1-2H3. The Balaban J connectivity index is 1.61.